The van der Waals surface area contributed by atoms with E-state index in [-0.39, 0.29) is 24.8 Å². The first-order valence-electron chi connectivity index (χ1n) is 7.48. The molecule has 0 bridgehead atoms. The zero-order valence-electron chi connectivity index (χ0n) is 13.9. The molecule has 2 atom stereocenters. The van der Waals surface area contributed by atoms with E-state index in [2.05, 4.69) is 5.32 Å². The fraction of sp³-hybridized carbons (Fsp3) is 0.800. The predicted molar refractivity (Wildman–Crippen MR) is 80.1 cm³/mol. The Morgan fingerprint density at radius 3 is 2.09 bits per heavy atom. The smallest absolute Gasteiger partial charge is 0.410 e. The van der Waals surface area contributed by atoms with Crippen LogP contribution in [-0.2, 0) is 19.1 Å². The van der Waals surface area contributed by atoms with Gasteiger partial charge in [-0.05, 0) is 18.3 Å². The second-order valence-corrected chi connectivity index (χ2v) is 6.04. The van der Waals surface area contributed by atoms with Gasteiger partial charge in [0.25, 0.3) is 0 Å². The number of carboxylic acid groups (broad SMARTS) is 1. The number of nitrogens with one attached hydrogen (secondary N) is 1. The molecule has 0 aromatic heterocycles. The van der Waals surface area contributed by atoms with Gasteiger partial charge < -0.3 is 19.9 Å². The van der Waals surface area contributed by atoms with E-state index in [0.29, 0.717) is 12.3 Å². The molecule has 0 aliphatic heterocycles. The summed E-state index contributed by atoms with van der Waals surface area (Å²) in [5, 5.41) is 11.4. The van der Waals surface area contributed by atoms with Crippen molar-refractivity contribution in [1.29, 1.82) is 0 Å². The van der Waals surface area contributed by atoms with Crippen LogP contribution in [0.1, 0.15) is 47.5 Å². The molecule has 0 spiro atoms. The Labute approximate surface area is 131 Å². The molecule has 0 fully saturated rings. The van der Waals surface area contributed by atoms with Crippen molar-refractivity contribution in [2.45, 2.75) is 53.8 Å². The van der Waals surface area contributed by atoms with E-state index < -0.39 is 24.3 Å². The molecular weight excluding hydrogens is 290 g/mol. The molecule has 1 amide bonds. The largest absolute Gasteiger partial charge is 0.481 e. The molecule has 2 N–H and O–H groups in total. The minimum Gasteiger partial charge on any atom is -0.481 e. The van der Waals surface area contributed by atoms with E-state index >= 15 is 0 Å². The molecule has 0 saturated carbocycles. The van der Waals surface area contributed by atoms with Crippen LogP contribution in [0.15, 0.2) is 0 Å². The first kappa shape index (κ1) is 20.2. The Morgan fingerprint density at radius 1 is 1.05 bits per heavy atom. The zero-order valence-corrected chi connectivity index (χ0v) is 13.9. The second-order valence-electron chi connectivity index (χ2n) is 6.04. The van der Waals surface area contributed by atoms with Crippen molar-refractivity contribution in [2.75, 3.05) is 6.54 Å². The summed E-state index contributed by atoms with van der Waals surface area (Å²) in [4.78, 5) is 33.8. The van der Waals surface area contributed by atoms with Gasteiger partial charge in [-0.1, -0.05) is 27.7 Å². The fourth-order valence-electron chi connectivity index (χ4n) is 1.90. The van der Waals surface area contributed by atoms with Crippen molar-refractivity contribution in [3.63, 3.8) is 0 Å². The number of alkyl carbamates (subject to hydrolysis) is 1. The first-order chi connectivity index (χ1) is 10.1. The monoisotopic (exact) mass is 317 g/mol. The van der Waals surface area contributed by atoms with Gasteiger partial charge in [-0.15, -0.1) is 0 Å². The van der Waals surface area contributed by atoms with Crippen LogP contribution < -0.4 is 5.32 Å². The summed E-state index contributed by atoms with van der Waals surface area (Å²) in [5.74, 6) is -1.50. The van der Waals surface area contributed by atoms with Crippen LogP contribution in [0.4, 0.5) is 4.79 Å². The van der Waals surface area contributed by atoms with Crippen molar-refractivity contribution in [3.05, 3.63) is 0 Å². The third kappa shape index (κ3) is 10.0. The fourth-order valence-corrected chi connectivity index (χ4v) is 1.90. The molecule has 0 saturated heterocycles. The summed E-state index contributed by atoms with van der Waals surface area (Å²) >= 11 is 0. The van der Waals surface area contributed by atoms with Gasteiger partial charge in [-0.3, -0.25) is 9.59 Å². The minimum atomic E-state index is -0.988. The molecule has 7 nitrogen and oxygen atoms in total. The molecular formula is C15H27NO6. The Kier molecular flexibility index (Phi) is 9.21. The summed E-state index contributed by atoms with van der Waals surface area (Å²) in [6.45, 7) is 8.98. The van der Waals surface area contributed by atoms with Crippen LogP contribution in [0, 0.1) is 17.8 Å². The lowest BCUT2D eigenvalue weighted by Crippen LogP contribution is -2.34. The maximum Gasteiger partial charge on any atom is 0.410 e. The SMILES string of the molecule is CC(C)CC(CNC(=O)O[C@@H](C)OC(=O)C(C)C)CC(=O)O. The number of carboxylic acids is 1. The molecule has 1 unspecified atom stereocenters. The van der Waals surface area contributed by atoms with Crippen molar-refractivity contribution >= 4 is 18.0 Å². The maximum absolute atomic E-state index is 11.6. The van der Waals surface area contributed by atoms with E-state index in [1.54, 1.807) is 13.8 Å². The first-order valence-corrected chi connectivity index (χ1v) is 7.48. The third-order valence-corrected chi connectivity index (χ3v) is 2.83. The van der Waals surface area contributed by atoms with Crippen molar-refractivity contribution in [2.24, 2.45) is 17.8 Å². The summed E-state index contributed by atoms with van der Waals surface area (Å²) in [6.07, 6.45) is -1.05. The average Bonchev–Trinajstić information content (AvgIpc) is 2.34. The molecule has 0 aromatic carbocycles. The van der Waals surface area contributed by atoms with E-state index in [1.165, 1.54) is 6.92 Å². The summed E-state index contributed by atoms with van der Waals surface area (Å²) < 4.78 is 9.79. The average molecular weight is 317 g/mol. The molecule has 22 heavy (non-hydrogen) atoms. The molecule has 0 aliphatic carbocycles. The normalized spacial score (nSPS) is 13.6. The number of hydrogen-bond donors (Lipinski definition) is 2. The summed E-state index contributed by atoms with van der Waals surface area (Å²) in [5.41, 5.74) is 0. The highest BCUT2D eigenvalue weighted by molar-refractivity contribution is 5.72. The third-order valence-electron chi connectivity index (χ3n) is 2.83. The number of ether oxygens (including phenoxy) is 2. The van der Waals surface area contributed by atoms with Gasteiger partial charge >= 0.3 is 18.0 Å². The van der Waals surface area contributed by atoms with Gasteiger partial charge in [0.1, 0.15) is 0 Å². The zero-order chi connectivity index (χ0) is 17.3. The van der Waals surface area contributed by atoms with E-state index in [4.69, 9.17) is 14.6 Å². The quantitative estimate of drug-likeness (QED) is 0.500. The molecule has 7 heteroatoms. The summed E-state index contributed by atoms with van der Waals surface area (Å²) in [6, 6.07) is 0. The van der Waals surface area contributed by atoms with Crippen LogP contribution in [-0.4, -0.2) is 36.0 Å². The minimum absolute atomic E-state index is 0.0175. The van der Waals surface area contributed by atoms with Crippen molar-refractivity contribution in [3.8, 4) is 0 Å². The van der Waals surface area contributed by atoms with Gasteiger partial charge in [0.15, 0.2) is 0 Å². The topological polar surface area (TPSA) is 102 Å². The summed E-state index contributed by atoms with van der Waals surface area (Å²) in [7, 11) is 0. The number of aliphatic carboxylic acids is 1. The van der Waals surface area contributed by atoms with Crippen LogP contribution in [0.3, 0.4) is 0 Å². The Balaban J connectivity index is 4.22. The Morgan fingerprint density at radius 2 is 1.64 bits per heavy atom. The van der Waals surface area contributed by atoms with Gasteiger partial charge in [-0.25, -0.2) is 4.79 Å². The second kappa shape index (κ2) is 10.0. The standard InChI is InChI=1S/C15H27NO6/c1-9(2)6-12(7-13(17)18)8-16-15(20)22-11(5)21-14(19)10(3)4/h9-12H,6-8H2,1-5H3,(H,16,20)(H,17,18)/t11-,12?/m0/s1. The lowest BCUT2D eigenvalue weighted by atomic mass is 9.94. The lowest BCUT2D eigenvalue weighted by Gasteiger charge is -2.19. The number of carbonyl (C=O) groups is 3. The van der Waals surface area contributed by atoms with Gasteiger partial charge in [0, 0.05) is 19.9 Å². The number of carbonyl (C=O) groups excluding carboxylic acids is 2. The molecule has 128 valence electrons. The highest BCUT2D eigenvalue weighted by Gasteiger charge is 2.19. The molecule has 0 aliphatic rings. The number of amides is 1. The predicted octanol–water partition coefficient (Wildman–Crippen LogP) is 2.39. The van der Waals surface area contributed by atoms with Gasteiger partial charge in [-0.2, -0.15) is 0 Å². The number of esters is 1. The highest BCUT2D eigenvalue weighted by atomic mass is 16.7. The van der Waals surface area contributed by atoms with E-state index in [1.807, 2.05) is 13.8 Å². The van der Waals surface area contributed by atoms with Gasteiger partial charge in [0.05, 0.1) is 5.92 Å². The molecule has 0 rings (SSSR count). The molecule has 0 heterocycles. The highest BCUT2D eigenvalue weighted by Crippen LogP contribution is 2.14. The maximum atomic E-state index is 11.6. The molecule has 0 radical (unpaired) electrons. The van der Waals surface area contributed by atoms with Crippen molar-refractivity contribution in [1.82, 2.24) is 5.32 Å². The van der Waals surface area contributed by atoms with Crippen molar-refractivity contribution < 1.29 is 29.0 Å². The van der Waals surface area contributed by atoms with Crippen LogP contribution in [0.25, 0.3) is 0 Å². The van der Waals surface area contributed by atoms with Crippen LogP contribution in [0.2, 0.25) is 0 Å². The molecule has 0 aromatic rings. The number of hydrogen-bond acceptors (Lipinski definition) is 5. The van der Waals surface area contributed by atoms with Crippen LogP contribution >= 0.6 is 0 Å². The van der Waals surface area contributed by atoms with Gasteiger partial charge in [0.2, 0.25) is 6.29 Å². The van der Waals surface area contributed by atoms with E-state index in [0.717, 1.165) is 0 Å². The Hall–Kier alpha value is -1.79. The Bertz CT molecular complexity index is 380. The van der Waals surface area contributed by atoms with Crippen LogP contribution in [0.5, 0.6) is 0 Å². The lowest BCUT2D eigenvalue weighted by molar-refractivity contribution is -0.168. The van der Waals surface area contributed by atoms with E-state index in [9.17, 15) is 14.4 Å². The number of rotatable bonds is 9.